The molecule has 1 atom stereocenters. The normalized spacial score (nSPS) is 23.4. The van der Waals surface area contributed by atoms with Crippen molar-refractivity contribution in [3.63, 3.8) is 0 Å². The van der Waals surface area contributed by atoms with Gasteiger partial charge < -0.3 is 0 Å². The molecule has 0 fully saturated rings. The molecule has 0 saturated heterocycles. The van der Waals surface area contributed by atoms with Crippen molar-refractivity contribution in [1.82, 2.24) is 4.90 Å². The Hall–Kier alpha value is -0.820. The van der Waals surface area contributed by atoms with Crippen molar-refractivity contribution in [2.75, 3.05) is 7.02 Å². The average molecular weight is 190 g/mol. The van der Waals surface area contributed by atoms with Gasteiger partial charge in [-0.3, -0.25) is 4.90 Å². The lowest BCUT2D eigenvalue weighted by atomic mass is 9.88. The molecule has 1 aliphatic rings. The minimum absolute atomic E-state index is 0.414. The highest BCUT2D eigenvalue weighted by Gasteiger charge is 2.24. The predicted octanol–water partition coefficient (Wildman–Crippen LogP) is 2.70. The number of likely N-dealkylation sites (N-methyl/N-ethyl adjacent to an activating group) is 1. The first-order valence-electron chi connectivity index (χ1n) is 6.03. The Kier molecular flexibility index (Phi) is 2.27. The lowest BCUT2D eigenvalue weighted by molar-refractivity contribution is 0.169. The average Bonchev–Trinajstić information content (AvgIpc) is 2.27. The Labute approximate surface area is 88.1 Å². The maximum absolute atomic E-state index is 7.59. The van der Waals surface area contributed by atoms with Gasteiger partial charge in [0.2, 0.25) is 0 Å². The molecule has 0 bridgehead atoms. The summed E-state index contributed by atoms with van der Waals surface area (Å²) >= 11 is 0. The maximum atomic E-state index is 7.59. The van der Waals surface area contributed by atoms with Crippen LogP contribution in [0.25, 0.3) is 0 Å². The van der Waals surface area contributed by atoms with Crippen LogP contribution >= 0.6 is 0 Å². The minimum atomic E-state index is 0.414. The lowest BCUT2D eigenvalue weighted by Crippen LogP contribution is -2.40. The molecule has 1 nitrogen and oxygen atoms in total. The van der Waals surface area contributed by atoms with E-state index in [0.29, 0.717) is 19.0 Å². The third kappa shape index (κ3) is 1.69. The van der Waals surface area contributed by atoms with Gasteiger partial charge in [-0.1, -0.05) is 38.1 Å². The Bertz CT molecular complexity index is 335. The molecular weight excluding hydrogens is 170 g/mol. The molecule has 1 heterocycles. The highest BCUT2D eigenvalue weighted by Crippen LogP contribution is 2.25. The summed E-state index contributed by atoms with van der Waals surface area (Å²) in [5, 5.41) is 0. The van der Waals surface area contributed by atoms with Crippen LogP contribution in [-0.2, 0) is 13.0 Å². The van der Waals surface area contributed by atoms with Gasteiger partial charge in [0.15, 0.2) is 0 Å². The standard InChI is InChI=1S/C13H19N/c1-10(2)13-8-11-6-4-5-7-12(11)9-14(13)3/h4-7,10,13H,8-9H2,1-3H3/t13-/m0/s1/i3D. The number of hydrogen-bond acceptors (Lipinski definition) is 1. The van der Waals surface area contributed by atoms with Crippen LogP contribution in [0.5, 0.6) is 0 Å². The number of hydrogen-bond donors (Lipinski definition) is 0. The summed E-state index contributed by atoms with van der Waals surface area (Å²) < 4.78 is 7.59. The van der Waals surface area contributed by atoms with Crippen molar-refractivity contribution in [3.05, 3.63) is 35.4 Å². The molecule has 0 radical (unpaired) electrons. The van der Waals surface area contributed by atoms with Crippen LogP contribution in [0.4, 0.5) is 0 Å². The molecule has 1 aromatic carbocycles. The van der Waals surface area contributed by atoms with Crippen molar-refractivity contribution < 1.29 is 1.37 Å². The summed E-state index contributed by atoms with van der Waals surface area (Å²) in [4.78, 5) is 2.27. The fourth-order valence-corrected chi connectivity index (χ4v) is 2.26. The Balaban J connectivity index is 2.26. The van der Waals surface area contributed by atoms with E-state index in [9.17, 15) is 0 Å². The molecule has 0 aromatic heterocycles. The van der Waals surface area contributed by atoms with Gasteiger partial charge in [-0.25, -0.2) is 0 Å². The molecule has 0 amide bonds. The zero-order valence-electron chi connectivity index (χ0n) is 10.0. The fraction of sp³-hybridized carbons (Fsp3) is 0.538. The number of fused-ring (bicyclic) bond motifs is 1. The van der Waals surface area contributed by atoms with E-state index < -0.39 is 0 Å². The van der Waals surface area contributed by atoms with Gasteiger partial charge in [-0.2, -0.15) is 0 Å². The summed E-state index contributed by atoms with van der Waals surface area (Å²) in [7, 11) is 0.414. The van der Waals surface area contributed by atoms with Crippen LogP contribution in [0.3, 0.4) is 0 Å². The molecule has 0 spiro atoms. The van der Waals surface area contributed by atoms with E-state index in [2.05, 4.69) is 43.0 Å². The van der Waals surface area contributed by atoms with E-state index in [0.717, 1.165) is 13.0 Å². The number of rotatable bonds is 1. The van der Waals surface area contributed by atoms with Crippen LogP contribution in [0, 0.1) is 5.92 Å². The first kappa shape index (κ1) is 8.49. The second-order valence-electron chi connectivity index (χ2n) is 4.53. The largest absolute Gasteiger partial charge is 0.299 e. The Morgan fingerprint density at radius 2 is 2.07 bits per heavy atom. The topological polar surface area (TPSA) is 3.24 Å². The zero-order valence-corrected chi connectivity index (χ0v) is 9.03. The van der Waals surface area contributed by atoms with Crippen molar-refractivity contribution >= 4 is 0 Å². The van der Waals surface area contributed by atoms with E-state index in [1.165, 1.54) is 11.1 Å². The second kappa shape index (κ2) is 3.74. The van der Waals surface area contributed by atoms with Crippen molar-refractivity contribution in [2.45, 2.75) is 32.9 Å². The van der Waals surface area contributed by atoms with E-state index in [1.807, 2.05) is 0 Å². The van der Waals surface area contributed by atoms with Gasteiger partial charge in [0.05, 0.1) is 0 Å². The monoisotopic (exact) mass is 190 g/mol. The fourth-order valence-electron chi connectivity index (χ4n) is 2.26. The van der Waals surface area contributed by atoms with Crippen LogP contribution in [0.15, 0.2) is 24.3 Å². The van der Waals surface area contributed by atoms with Crippen LogP contribution in [-0.4, -0.2) is 18.0 Å². The molecule has 2 rings (SSSR count). The van der Waals surface area contributed by atoms with E-state index in [4.69, 9.17) is 1.37 Å². The summed E-state index contributed by atoms with van der Waals surface area (Å²) in [5.41, 5.74) is 2.88. The molecule has 0 aliphatic carbocycles. The molecule has 14 heavy (non-hydrogen) atoms. The molecular formula is C13H19N. The van der Waals surface area contributed by atoms with E-state index in [1.54, 1.807) is 0 Å². The van der Waals surface area contributed by atoms with Crippen molar-refractivity contribution in [3.8, 4) is 0 Å². The van der Waals surface area contributed by atoms with E-state index in [-0.39, 0.29) is 0 Å². The summed E-state index contributed by atoms with van der Waals surface area (Å²) in [6.07, 6.45) is 1.10. The second-order valence-corrected chi connectivity index (χ2v) is 4.53. The summed E-state index contributed by atoms with van der Waals surface area (Å²) in [6, 6.07) is 9.17. The van der Waals surface area contributed by atoms with Crippen LogP contribution in [0.1, 0.15) is 26.3 Å². The van der Waals surface area contributed by atoms with Gasteiger partial charge in [-0.05, 0) is 30.5 Å². The quantitative estimate of drug-likeness (QED) is 0.658. The molecule has 1 aliphatic heterocycles. The maximum Gasteiger partial charge on any atom is 0.0394 e. The van der Waals surface area contributed by atoms with Gasteiger partial charge >= 0.3 is 0 Å². The van der Waals surface area contributed by atoms with Crippen molar-refractivity contribution in [1.29, 1.82) is 0 Å². The molecule has 0 unspecified atom stereocenters. The predicted molar refractivity (Wildman–Crippen MR) is 60.2 cm³/mol. The molecule has 1 aromatic rings. The minimum Gasteiger partial charge on any atom is -0.299 e. The highest BCUT2D eigenvalue weighted by molar-refractivity contribution is 5.30. The smallest absolute Gasteiger partial charge is 0.0394 e. The van der Waals surface area contributed by atoms with Gasteiger partial charge in [-0.15, -0.1) is 0 Å². The van der Waals surface area contributed by atoms with Gasteiger partial charge in [0.25, 0.3) is 0 Å². The summed E-state index contributed by atoms with van der Waals surface area (Å²) in [6.45, 7) is 5.45. The van der Waals surface area contributed by atoms with Crippen LogP contribution in [0.2, 0.25) is 0 Å². The van der Waals surface area contributed by atoms with Crippen LogP contribution < -0.4 is 0 Å². The van der Waals surface area contributed by atoms with Gasteiger partial charge in [0, 0.05) is 14.0 Å². The molecule has 0 N–H and O–H groups in total. The SMILES string of the molecule is [2H]CN1Cc2ccccc2C[C@H]1C(C)C. The third-order valence-corrected chi connectivity index (χ3v) is 3.16. The zero-order chi connectivity index (χ0) is 10.8. The number of benzene rings is 1. The molecule has 76 valence electrons. The third-order valence-electron chi connectivity index (χ3n) is 3.16. The van der Waals surface area contributed by atoms with E-state index >= 15 is 0 Å². The summed E-state index contributed by atoms with van der Waals surface area (Å²) in [5.74, 6) is 0.628. The molecule has 1 heteroatoms. The lowest BCUT2D eigenvalue weighted by Gasteiger charge is -2.36. The first-order valence-corrected chi connectivity index (χ1v) is 5.32. The number of nitrogens with zero attached hydrogens (tertiary/aromatic N) is 1. The van der Waals surface area contributed by atoms with Gasteiger partial charge in [0.1, 0.15) is 0 Å². The van der Waals surface area contributed by atoms with Crippen molar-refractivity contribution in [2.24, 2.45) is 5.92 Å². The Morgan fingerprint density at radius 1 is 1.36 bits per heavy atom. The highest BCUT2D eigenvalue weighted by atomic mass is 15.1. The Morgan fingerprint density at radius 3 is 2.71 bits per heavy atom. The molecule has 0 saturated carbocycles. The first-order chi connectivity index (χ1) is 7.22.